The summed E-state index contributed by atoms with van der Waals surface area (Å²) in [5.74, 6) is -0.0879. The van der Waals surface area contributed by atoms with Gasteiger partial charge in [-0.15, -0.1) is 0 Å². The van der Waals surface area contributed by atoms with E-state index in [1.165, 1.54) is 19.3 Å². The van der Waals surface area contributed by atoms with E-state index in [-0.39, 0.29) is 17.6 Å². The summed E-state index contributed by atoms with van der Waals surface area (Å²) < 4.78 is 6.03. The second kappa shape index (κ2) is 6.18. The third-order valence-corrected chi connectivity index (χ3v) is 4.69. The largest absolute Gasteiger partial charge is 0.373 e. The highest BCUT2D eigenvalue weighted by Gasteiger charge is 2.41. The molecule has 1 saturated carbocycles. The molecular weight excluding hydrogens is 266 g/mol. The molecule has 0 radical (unpaired) electrons. The molecule has 5 heteroatoms. The molecule has 1 amide bonds. The van der Waals surface area contributed by atoms with Crippen LogP contribution in [0.5, 0.6) is 0 Å². The van der Waals surface area contributed by atoms with E-state index in [2.05, 4.69) is 22.4 Å². The lowest BCUT2D eigenvalue weighted by molar-refractivity contribution is -0.0246. The van der Waals surface area contributed by atoms with Crippen molar-refractivity contribution in [1.82, 2.24) is 15.5 Å². The zero-order chi connectivity index (χ0) is 14.7. The molecule has 1 aromatic rings. The monoisotopic (exact) mass is 291 g/mol. The first kappa shape index (κ1) is 14.6. The minimum absolute atomic E-state index is 0.0368. The summed E-state index contributed by atoms with van der Waals surface area (Å²) >= 11 is 0. The molecule has 5 nitrogen and oxygen atoms in total. The Labute approximate surface area is 125 Å². The van der Waals surface area contributed by atoms with Crippen molar-refractivity contribution in [2.24, 2.45) is 0 Å². The number of nitrogens with zero attached hydrogens (tertiary/aromatic N) is 1. The molecule has 3 rings (SSSR count). The fourth-order valence-electron chi connectivity index (χ4n) is 3.62. The van der Waals surface area contributed by atoms with Gasteiger partial charge in [0, 0.05) is 5.69 Å². The van der Waals surface area contributed by atoms with Gasteiger partial charge in [0.1, 0.15) is 5.69 Å². The second-order valence-corrected chi connectivity index (χ2v) is 6.46. The zero-order valence-corrected chi connectivity index (χ0v) is 12.8. The molecule has 2 fully saturated rings. The van der Waals surface area contributed by atoms with E-state index in [1.54, 1.807) is 0 Å². The van der Waals surface area contributed by atoms with Gasteiger partial charge in [-0.25, -0.2) is 0 Å². The van der Waals surface area contributed by atoms with Gasteiger partial charge >= 0.3 is 0 Å². The Hall–Kier alpha value is -1.36. The summed E-state index contributed by atoms with van der Waals surface area (Å²) in [6, 6.07) is 1.98. The van der Waals surface area contributed by atoms with E-state index in [0.717, 1.165) is 37.8 Å². The first-order chi connectivity index (χ1) is 10.2. The lowest BCUT2D eigenvalue weighted by atomic mass is 9.82. The lowest BCUT2D eigenvalue weighted by Crippen LogP contribution is -2.37. The molecule has 0 aromatic carbocycles. The molecule has 116 valence electrons. The highest BCUT2D eigenvalue weighted by Crippen LogP contribution is 2.39. The number of aryl methyl sites for hydroxylation is 1. The molecule has 1 aliphatic carbocycles. The highest BCUT2D eigenvalue weighted by molar-refractivity contribution is 5.92. The normalized spacial score (nSPS) is 24.3. The van der Waals surface area contributed by atoms with Gasteiger partial charge in [0.25, 0.3) is 5.91 Å². The summed E-state index contributed by atoms with van der Waals surface area (Å²) in [7, 11) is 0. The van der Waals surface area contributed by atoms with Crippen molar-refractivity contribution >= 4 is 5.91 Å². The van der Waals surface area contributed by atoms with Crippen LogP contribution in [0.3, 0.4) is 0 Å². The van der Waals surface area contributed by atoms with Crippen LogP contribution in [-0.2, 0) is 11.2 Å². The summed E-state index contributed by atoms with van der Waals surface area (Å²) in [5, 5.41) is 10.1. The van der Waals surface area contributed by atoms with Crippen molar-refractivity contribution in [3.05, 3.63) is 17.5 Å². The molecule has 2 aliphatic rings. The first-order valence-corrected chi connectivity index (χ1v) is 8.20. The van der Waals surface area contributed by atoms with Gasteiger partial charge in [-0.05, 0) is 31.7 Å². The molecular formula is C16H25N3O2. The van der Waals surface area contributed by atoms with E-state index in [9.17, 15) is 4.79 Å². The number of carbonyl (C=O) groups excluding carboxylic acids is 1. The Balaban J connectivity index is 1.55. The van der Waals surface area contributed by atoms with Crippen molar-refractivity contribution in [2.75, 3.05) is 6.61 Å². The Morgan fingerprint density at radius 1 is 1.48 bits per heavy atom. The fourth-order valence-corrected chi connectivity index (χ4v) is 3.62. The summed E-state index contributed by atoms with van der Waals surface area (Å²) in [6.45, 7) is 2.75. The minimum Gasteiger partial charge on any atom is -0.373 e. The van der Waals surface area contributed by atoms with Crippen LogP contribution in [0.1, 0.15) is 68.1 Å². The molecule has 1 aromatic heterocycles. The number of ether oxygens (including phenoxy) is 1. The molecule has 1 unspecified atom stereocenters. The van der Waals surface area contributed by atoms with Crippen molar-refractivity contribution in [2.45, 2.75) is 69.9 Å². The fraction of sp³-hybridized carbons (Fsp3) is 0.750. The lowest BCUT2D eigenvalue weighted by Gasteiger charge is -2.32. The summed E-state index contributed by atoms with van der Waals surface area (Å²) in [5.41, 5.74) is 1.55. The van der Waals surface area contributed by atoms with Crippen LogP contribution in [-0.4, -0.2) is 34.4 Å². The van der Waals surface area contributed by atoms with Gasteiger partial charge in [0.05, 0.1) is 18.2 Å². The van der Waals surface area contributed by atoms with Crippen LogP contribution in [0.4, 0.5) is 0 Å². The average Bonchev–Trinajstić information content (AvgIpc) is 3.09. The Kier molecular flexibility index (Phi) is 4.29. The van der Waals surface area contributed by atoms with Crippen LogP contribution in [0, 0.1) is 0 Å². The number of aromatic amines is 1. The van der Waals surface area contributed by atoms with E-state index in [1.807, 2.05) is 6.07 Å². The van der Waals surface area contributed by atoms with Crippen LogP contribution in [0.15, 0.2) is 6.07 Å². The van der Waals surface area contributed by atoms with Crippen molar-refractivity contribution in [3.63, 3.8) is 0 Å². The van der Waals surface area contributed by atoms with E-state index in [0.29, 0.717) is 12.3 Å². The van der Waals surface area contributed by atoms with E-state index < -0.39 is 0 Å². The average molecular weight is 291 g/mol. The Morgan fingerprint density at radius 3 is 3.05 bits per heavy atom. The van der Waals surface area contributed by atoms with Gasteiger partial charge in [0.15, 0.2) is 0 Å². The molecule has 2 N–H and O–H groups in total. The minimum atomic E-state index is -0.0879. The van der Waals surface area contributed by atoms with E-state index >= 15 is 0 Å². The Morgan fingerprint density at radius 2 is 2.29 bits per heavy atom. The number of hydrogen-bond acceptors (Lipinski definition) is 3. The van der Waals surface area contributed by atoms with Gasteiger partial charge < -0.3 is 10.1 Å². The summed E-state index contributed by atoms with van der Waals surface area (Å²) in [6.07, 6.45) is 9.02. The molecule has 1 saturated heterocycles. The first-order valence-electron chi connectivity index (χ1n) is 8.20. The maximum Gasteiger partial charge on any atom is 0.272 e. The smallest absolute Gasteiger partial charge is 0.272 e. The van der Waals surface area contributed by atoms with Crippen molar-refractivity contribution in [1.29, 1.82) is 0 Å². The standard InChI is InChI=1S/C16H25N3O2/c1-2-6-12-9-14(19-18-12)15(20)17-13-10-16(21-11-13)7-4-3-5-8-16/h9,13H,2-8,10-11H2,1H3,(H,17,20)(H,18,19). The molecule has 2 heterocycles. The number of rotatable bonds is 4. The van der Waals surface area contributed by atoms with Crippen molar-refractivity contribution < 1.29 is 9.53 Å². The molecule has 1 atom stereocenters. The third-order valence-electron chi connectivity index (χ3n) is 4.69. The van der Waals surface area contributed by atoms with Gasteiger partial charge in [-0.1, -0.05) is 32.6 Å². The number of hydrogen-bond donors (Lipinski definition) is 2. The SMILES string of the molecule is CCCc1cc(C(=O)NC2COC3(CCCCC3)C2)n[nH]1. The molecule has 1 aliphatic heterocycles. The number of amides is 1. The summed E-state index contributed by atoms with van der Waals surface area (Å²) in [4.78, 5) is 12.2. The van der Waals surface area contributed by atoms with Crippen molar-refractivity contribution in [3.8, 4) is 0 Å². The predicted octanol–water partition coefficient (Wildman–Crippen LogP) is 2.58. The van der Waals surface area contributed by atoms with Gasteiger partial charge in [0.2, 0.25) is 0 Å². The molecule has 0 bridgehead atoms. The number of nitrogens with one attached hydrogen (secondary N) is 2. The second-order valence-electron chi connectivity index (χ2n) is 6.46. The zero-order valence-electron chi connectivity index (χ0n) is 12.8. The predicted molar refractivity (Wildman–Crippen MR) is 80.2 cm³/mol. The maximum atomic E-state index is 12.2. The molecule has 21 heavy (non-hydrogen) atoms. The topological polar surface area (TPSA) is 67.0 Å². The number of H-pyrrole nitrogens is 1. The quantitative estimate of drug-likeness (QED) is 0.896. The maximum absolute atomic E-state index is 12.2. The van der Waals surface area contributed by atoms with E-state index in [4.69, 9.17) is 4.74 Å². The number of aromatic nitrogens is 2. The highest BCUT2D eigenvalue weighted by atomic mass is 16.5. The van der Waals surface area contributed by atoms with Crippen LogP contribution < -0.4 is 5.32 Å². The third kappa shape index (κ3) is 3.28. The van der Waals surface area contributed by atoms with Crippen LogP contribution >= 0.6 is 0 Å². The van der Waals surface area contributed by atoms with Crippen LogP contribution in [0.2, 0.25) is 0 Å². The Bertz CT molecular complexity index is 491. The van der Waals surface area contributed by atoms with Gasteiger partial charge in [-0.2, -0.15) is 5.10 Å². The number of carbonyl (C=O) groups is 1. The van der Waals surface area contributed by atoms with Gasteiger partial charge in [-0.3, -0.25) is 9.89 Å². The van der Waals surface area contributed by atoms with Crippen LogP contribution in [0.25, 0.3) is 0 Å². The molecule has 1 spiro atoms.